The maximum absolute atomic E-state index is 12.2. The van der Waals surface area contributed by atoms with E-state index in [0.29, 0.717) is 13.1 Å². The zero-order valence-corrected chi connectivity index (χ0v) is 14.8. The zero-order chi connectivity index (χ0) is 15.7. The molecule has 0 aromatic rings. The molecule has 3 atom stereocenters. The number of halogens is 3. The molecule has 0 aromatic carbocycles. The summed E-state index contributed by atoms with van der Waals surface area (Å²) in [6, 6.07) is 0. The summed E-state index contributed by atoms with van der Waals surface area (Å²) in [6.07, 6.45) is -0.617. The smallest absolute Gasteiger partial charge is 0.226 e. The third-order valence-electron chi connectivity index (χ3n) is 3.07. The molecule has 1 rings (SSSR count). The maximum Gasteiger partial charge on any atom is 0.226 e. The Labute approximate surface area is 136 Å². The van der Waals surface area contributed by atoms with Gasteiger partial charge in [-0.1, -0.05) is 55.6 Å². The van der Waals surface area contributed by atoms with Gasteiger partial charge in [0.25, 0.3) is 0 Å². The van der Waals surface area contributed by atoms with Crippen molar-refractivity contribution in [2.45, 2.75) is 56.8 Å². The molecule has 0 spiro atoms. The Morgan fingerprint density at radius 1 is 1.20 bits per heavy atom. The third kappa shape index (κ3) is 5.23. The van der Waals surface area contributed by atoms with E-state index in [1.54, 1.807) is 0 Å². The largest absolute Gasteiger partial charge is 0.373 e. The highest BCUT2D eigenvalue weighted by Gasteiger charge is 2.42. The summed E-state index contributed by atoms with van der Waals surface area (Å²) >= 11 is 18.2. The molecule has 1 saturated heterocycles. The Morgan fingerprint density at radius 2 is 1.65 bits per heavy atom. The van der Waals surface area contributed by atoms with E-state index < -0.39 is 15.4 Å². The molecular formula is C13H23Cl3N2O2. The van der Waals surface area contributed by atoms with Crippen molar-refractivity contribution in [3.63, 3.8) is 0 Å². The van der Waals surface area contributed by atoms with E-state index in [1.165, 1.54) is 0 Å². The van der Waals surface area contributed by atoms with Crippen LogP contribution in [0, 0.1) is 5.41 Å². The molecule has 7 heteroatoms. The predicted molar refractivity (Wildman–Crippen MR) is 83.3 cm³/mol. The van der Waals surface area contributed by atoms with Gasteiger partial charge in [-0.3, -0.25) is 9.69 Å². The van der Waals surface area contributed by atoms with Crippen molar-refractivity contribution < 1.29 is 9.53 Å². The van der Waals surface area contributed by atoms with E-state index in [0.717, 1.165) is 0 Å². The van der Waals surface area contributed by atoms with Crippen LogP contribution in [0.15, 0.2) is 0 Å². The molecule has 0 saturated carbocycles. The van der Waals surface area contributed by atoms with Crippen molar-refractivity contribution in [2.75, 3.05) is 13.1 Å². The monoisotopic (exact) mass is 344 g/mol. The molecule has 1 N–H and O–H groups in total. The first-order valence-electron chi connectivity index (χ1n) is 6.68. The van der Waals surface area contributed by atoms with Gasteiger partial charge in [0.05, 0.1) is 12.2 Å². The first-order valence-corrected chi connectivity index (χ1v) is 7.82. The molecule has 0 aromatic heterocycles. The Balaban J connectivity index is 2.88. The molecule has 1 fully saturated rings. The van der Waals surface area contributed by atoms with Gasteiger partial charge >= 0.3 is 0 Å². The number of nitrogens with zero attached hydrogens (tertiary/aromatic N) is 1. The lowest BCUT2D eigenvalue weighted by Gasteiger charge is -2.43. The highest BCUT2D eigenvalue weighted by molar-refractivity contribution is 6.68. The Hall–Kier alpha value is 0.260. The second kappa shape index (κ2) is 6.57. The van der Waals surface area contributed by atoms with Crippen molar-refractivity contribution in [2.24, 2.45) is 5.41 Å². The van der Waals surface area contributed by atoms with E-state index in [9.17, 15) is 4.79 Å². The molecule has 4 nitrogen and oxygen atoms in total. The highest BCUT2D eigenvalue weighted by atomic mass is 35.6. The molecule has 1 amide bonds. The van der Waals surface area contributed by atoms with Gasteiger partial charge in [0.1, 0.15) is 6.17 Å². The number of rotatable bonds is 2. The van der Waals surface area contributed by atoms with Crippen LogP contribution in [0.1, 0.15) is 34.6 Å². The van der Waals surface area contributed by atoms with Crippen LogP contribution in [-0.2, 0) is 9.53 Å². The molecule has 0 bridgehead atoms. The van der Waals surface area contributed by atoms with Gasteiger partial charge in [0.2, 0.25) is 9.70 Å². The molecule has 20 heavy (non-hydrogen) atoms. The van der Waals surface area contributed by atoms with Crippen LogP contribution < -0.4 is 5.32 Å². The van der Waals surface area contributed by atoms with Gasteiger partial charge in [0, 0.05) is 18.5 Å². The summed E-state index contributed by atoms with van der Waals surface area (Å²) in [5.74, 6) is -0.152. The second-order valence-corrected chi connectivity index (χ2v) is 8.75. The Morgan fingerprint density at radius 3 is 2.00 bits per heavy atom. The van der Waals surface area contributed by atoms with E-state index in [-0.39, 0.29) is 18.1 Å². The fraction of sp³-hybridized carbons (Fsp3) is 0.923. The summed E-state index contributed by atoms with van der Waals surface area (Å²) in [5.41, 5.74) is -0.544. The fourth-order valence-electron chi connectivity index (χ4n) is 2.15. The number of nitrogens with one attached hydrogen (secondary N) is 1. The number of hydrogen-bond acceptors (Lipinski definition) is 3. The summed E-state index contributed by atoms with van der Waals surface area (Å²) in [7, 11) is 0. The van der Waals surface area contributed by atoms with Gasteiger partial charge in [-0.05, 0) is 13.8 Å². The summed E-state index contributed by atoms with van der Waals surface area (Å²) < 4.78 is 4.07. The second-order valence-electron chi connectivity index (χ2n) is 6.38. The van der Waals surface area contributed by atoms with Gasteiger partial charge in [0.15, 0.2) is 0 Å². The topological polar surface area (TPSA) is 41.6 Å². The molecule has 118 valence electrons. The number of alkyl halides is 3. The van der Waals surface area contributed by atoms with Crippen molar-refractivity contribution in [3.8, 4) is 0 Å². The summed E-state index contributed by atoms with van der Waals surface area (Å²) in [5, 5.41) is 2.84. The SMILES string of the molecule is C[C@@H]1CN([C@H](NC(=O)C(C)(C)C)C(Cl)(Cl)Cl)C[C@@H](C)O1. The highest BCUT2D eigenvalue weighted by Crippen LogP contribution is 2.34. The van der Waals surface area contributed by atoms with Crippen LogP contribution in [-0.4, -0.2) is 46.1 Å². The van der Waals surface area contributed by atoms with Crippen molar-refractivity contribution in [1.29, 1.82) is 0 Å². The number of carbonyl (C=O) groups is 1. The number of ether oxygens (including phenoxy) is 1. The molecule has 1 aliphatic rings. The van der Waals surface area contributed by atoms with Crippen LogP contribution >= 0.6 is 34.8 Å². The normalized spacial score (nSPS) is 27.2. The minimum Gasteiger partial charge on any atom is -0.373 e. The number of morpholine rings is 1. The van der Waals surface area contributed by atoms with Crippen molar-refractivity contribution in [3.05, 3.63) is 0 Å². The number of carbonyl (C=O) groups excluding carboxylic acids is 1. The lowest BCUT2D eigenvalue weighted by molar-refractivity contribution is -0.133. The molecule has 0 aliphatic carbocycles. The van der Waals surface area contributed by atoms with Gasteiger partial charge in [-0.15, -0.1) is 0 Å². The van der Waals surface area contributed by atoms with E-state index >= 15 is 0 Å². The van der Waals surface area contributed by atoms with Crippen molar-refractivity contribution >= 4 is 40.7 Å². The van der Waals surface area contributed by atoms with Gasteiger partial charge < -0.3 is 10.1 Å². The standard InChI is InChI=1S/C13H23Cl3N2O2/c1-8-6-18(7-9(2)20-8)10(13(14,15)16)17-11(19)12(3,4)5/h8-10H,6-7H2,1-5H3,(H,17,19)/t8-,9-,10+/m1/s1. The zero-order valence-electron chi connectivity index (χ0n) is 12.5. The summed E-state index contributed by atoms with van der Waals surface area (Å²) in [6.45, 7) is 10.6. The van der Waals surface area contributed by atoms with E-state index in [2.05, 4.69) is 5.32 Å². The third-order valence-corrected chi connectivity index (χ3v) is 3.69. The van der Waals surface area contributed by atoms with Crippen molar-refractivity contribution in [1.82, 2.24) is 10.2 Å². The first-order chi connectivity index (χ1) is 8.91. The molecule has 0 unspecified atom stereocenters. The first kappa shape index (κ1) is 18.3. The quantitative estimate of drug-likeness (QED) is 0.782. The number of hydrogen-bond donors (Lipinski definition) is 1. The maximum atomic E-state index is 12.2. The van der Waals surface area contributed by atoms with E-state index in [1.807, 2.05) is 39.5 Å². The van der Waals surface area contributed by atoms with Gasteiger partial charge in [-0.2, -0.15) is 0 Å². The minimum atomic E-state index is -1.60. The van der Waals surface area contributed by atoms with E-state index in [4.69, 9.17) is 39.5 Å². The average Bonchev–Trinajstić information content (AvgIpc) is 2.20. The van der Waals surface area contributed by atoms with Crippen LogP contribution in [0.3, 0.4) is 0 Å². The lowest BCUT2D eigenvalue weighted by atomic mass is 9.95. The molecule has 1 heterocycles. The Bertz CT molecular complexity index is 343. The van der Waals surface area contributed by atoms with Crippen LogP contribution in [0.2, 0.25) is 0 Å². The molecular weight excluding hydrogens is 323 g/mol. The average molecular weight is 346 g/mol. The molecule has 1 aliphatic heterocycles. The van der Waals surface area contributed by atoms with Crippen LogP contribution in [0.4, 0.5) is 0 Å². The van der Waals surface area contributed by atoms with Crippen LogP contribution in [0.25, 0.3) is 0 Å². The number of amides is 1. The lowest BCUT2D eigenvalue weighted by Crippen LogP contribution is -2.62. The Kier molecular flexibility index (Phi) is 6.02. The van der Waals surface area contributed by atoms with Crippen LogP contribution in [0.5, 0.6) is 0 Å². The van der Waals surface area contributed by atoms with Gasteiger partial charge in [-0.25, -0.2) is 0 Å². The molecule has 0 radical (unpaired) electrons. The summed E-state index contributed by atoms with van der Waals surface area (Å²) in [4.78, 5) is 14.1. The fourth-order valence-corrected chi connectivity index (χ4v) is 2.73. The predicted octanol–water partition coefficient (Wildman–Crippen LogP) is 2.95. The minimum absolute atomic E-state index is 0.0279.